The summed E-state index contributed by atoms with van der Waals surface area (Å²) in [5.41, 5.74) is 0.378. The Morgan fingerprint density at radius 1 is 1.24 bits per heavy atom. The zero-order valence-corrected chi connectivity index (χ0v) is 12.7. The fraction of sp³-hybridized carbons (Fsp3) is 0.647. The third kappa shape index (κ3) is 5.04. The molecule has 2 nitrogen and oxygen atoms in total. The molecular formula is C17H25F2NO. The third-order valence-corrected chi connectivity index (χ3v) is 4.13. The number of halogens is 2. The maximum absolute atomic E-state index is 13.6. The second-order valence-corrected chi connectivity index (χ2v) is 5.80. The second kappa shape index (κ2) is 8.44. The molecule has 1 unspecified atom stereocenters. The summed E-state index contributed by atoms with van der Waals surface area (Å²) in [6.45, 7) is 3.32. The van der Waals surface area contributed by atoms with Gasteiger partial charge in [-0.25, -0.2) is 8.78 Å². The monoisotopic (exact) mass is 297 g/mol. The van der Waals surface area contributed by atoms with Crippen LogP contribution in [0.4, 0.5) is 8.78 Å². The maximum atomic E-state index is 13.6. The first-order valence-corrected chi connectivity index (χ1v) is 7.97. The Hall–Kier alpha value is -1.00. The molecule has 1 aliphatic rings. The molecule has 0 spiro atoms. The average Bonchev–Trinajstić information content (AvgIpc) is 2.50. The van der Waals surface area contributed by atoms with E-state index in [1.165, 1.54) is 38.2 Å². The van der Waals surface area contributed by atoms with Crippen molar-refractivity contribution >= 4 is 0 Å². The lowest BCUT2D eigenvalue weighted by atomic mass is 9.98. The smallest absolute Gasteiger partial charge is 0.163 e. The summed E-state index contributed by atoms with van der Waals surface area (Å²) >= 11 is 0. The fourth-order valence-corrected chi connectivity index (χ4v) is 2.84. The van der Waals surface area contributed by atoms with Crippen molar-refractivity contribution in [1.82, 2.24) is 5.32 Å². The summed E-state index contributed by atoms with van der Waals surface area (Å²) in [7, 11) is 0. The zero-order valence-electron chi connectivity index (χ0n) is 12.7. The van der Waals surface area contributed by atoms with Crippen LogP contribution in [-0.4, -0.2) is 19.3 Å². The molecule has 1 aromatic rings. The molecule has 118 valence electrons. The van der Waals surface area contributed by atoms with Gasteiger partial charge in [0.25, 0.3) is 0 Å². The van der Waals surface area contributed by atoms with Gasteiger partial charge in [0.05, 0.1) is 6.10 Å². The summed E-state index contributed by atoms with van der Waals surface area (Å²) in [5, 5.41) is 3.22. The van der Waals surface area contributed by atoms with Crippen molar-refractivity contribution in [3.8, 4) is 0 Å². The van der Waals surface area contributed by atoms with Gasteiger partial charge in [0.2, 0.25) is 0 Å². The van der Waals surface area contributed by atoms with E-state index in [0.717, 1.165) is 25.6 Å². The predicted molar refractivity (Wildman–Crippen MR) is 80.2 cm³/mol. The topological polar surface area (TPSA) is 21.3 Å². The van der Waals surface area contributed by atoms with Gasteiger partial charge in [0.1, 0.15) is 0 Å². The van der Waals surface area contributed by atoms with Gasteiger partial charge in [0.15, 0.2) is 11.6 Å². The molecule has 1 atom stereocenters. The first kappa shape index (κ1) is 16.4. The molecule has 1 N–H and O–H groups in total. The molecule has 0 saturated heterocycles. The molecule has 1 aliphatic carbocycles. The number of hydrogen-bond acceptors (Lipinski definition) is 2. The van der Waals surface area contributed by atoms with Crippen molar-refractivity contribution < 1.29 is 13.5 Å². The van der Waals surface area contributed by atoms with Gasteiger partial charge in [-0.3, -0.25) is 0 Å². The van der Waals surface area contributed by atoms with E-state index in [9.17, 15) is 8.78 Å². The van der Waals surface area contributed by atoms with Crippen LogP contribution >= 0.6 is 0 Å². The highest BCUT2D eigenvalue weighted by atomic mass is 19.2. The molecule has 0 radical (unpaired) electrons. The normalized spacial score (nSPS) is 17.9. The molecule has 0 aromatic heterocycles. The largest absolute Gasteiger partial charge is 0.378 e. The highest BCUT2D eigenvalue weighted by molar-refractivity contribution is 5.21. The van der Waals surface area contributed by atoms with Gasteiger partial charge in [-0.05, 0) is 38.8 Å². The van der Waals surface area contributed by atoms with Gasteiger partial charge < -0.3 is 10.1 Å². The summed E-state index contributed by atoms with van der Waals surface area (Å²) in [6.07, 6.45) is 7.56. The molecule has 1 fully saturated rings. The summed E-state index contributed by atoms with van der Waals surface area (Å²) < 4.78 is 32.6. The first-order chi connectivity index (χ1) is 10.2. The third-order valence-electron chi connectivity index (χ3n) is 4.13. The number of benzene rings is 1. The van der Waals surface area contributed by atoms with E-state index in [0.29, 0.717) is 11.7 Å². The summed E-state index contributed by atoms with van der Waals surface area (Å²) in [4.78, 5) is 0. The molecule has 1 saturated carbocycles. The van der Waals surface area contributed by atoms with Gasteiger partial charge in [-0.2, -0.15) is 0 Å². The van der Waals surface area contributed by atoms with Gasteiger partial charge in [0, 0.05) is 18.2 Å². The van der Waals surface area contributed by atoms with Crippen LogP contribution in [0.15, 0.2) is 18.2 Å². The number of nitrogens with one attached hydrogen (secondary N) is 1. The lowest BCUT2D eigenvalue weighted by Crippen LogP contribution is -2.23. The molecule has 1 aromatic carbocycles. The Labute approximate surface area is 125 Å². The molecule has 21 heavy (non-hydrogen) atoms. The van der Waals surface area contributed by atoms with Crippen LogP contribution in [0.1, 0.15) is 57.1 Å². The van der Waals surface area contributed by atoms with Crippen LogP contribution in [0, 0.1) is 11.6 Å². The zero-order chi connectivity index (χ0) is 15.1. The maximum Gasteiger partial charge on any atom is 0.163 e. The van der Waals surface area contributed by atoms with E-state index >= 15 is 0 Å². The highest BCUT2D eigenvalue weighted by Gasteiger charge is 2.14. The Balaban J connectivity index is 1.65. The highest BCUT2D eigenvalue weighted by Crippen LogP contribution is 2.21. The van der Waals surface area contributed by atoms with Crippen LogP contribution in [0.5, 0.6) is 0 Å². The van der Waals surface area contributed by atoms with Crippen molar-refractivity contribution in [3.63, 3.8) is 0 Å². The van der Waals surface area contributed by atoms with Gasteiger partial charge in [-0.1, -0.05) is 31.4 Å². The van der Waals surface area contributed by atoms with Crippen molar-refractivity contribution in [2.24, 2.45) is 0 Å². The Kier molecular flexibility index (Phi) is 6.58. The first-order valence-electron chi connectivity index (χ1n) is 7.97. The van der Waals surface area contributed by atoms with Crippen molar-refractivity contribution in [1.29, 1.82) is 0 Å². The quantitative estimate of drug-likeness (QED) is 0.755. The van der Waals surface area contributed by atoms with E-state index in [4.69, 9.17) is 4.74 Å². The number of rotatable bonds is 7. The van der Waals surface area contributed by atoms with E-state index in [2.05, 4.69) is 5.32 Å². The molecular weight excluding hydrogens is 272 g/mol. The van der Waals surface area contributed by atoms with E-state index in [-0.39, 0.29) is 6.04 Å². The molecule has 2 rings (SSSR count). The molecule has 0 amide bonds. The van der Waals surface area contributed by atoms with Gasteiger partial charge in [-0.15, -0.1) is 0 Å². The van der Waals surface area contributed by atoms with Crippen LogP contribution < -0.4 is 5.32 Å². The predicted octanol–water partition coefficient (Wildman–Crippen LogP) is 4.35. The van der Waals surface area contributed by atoms with Crippen molar-refractivity contribution in [3.05, 3.63) is 35.4 Å². The van der Waals surface area contributed by atoms with Crippen molar-refractivity contribution in [2.45, 2.75) is 57.6 Å². The van der Waals surface area contributed by atoms with E-state index in [1.54, 1.807) is 6.07 Å². The van der Waals surface area contributed by atoms with E-state index < -0.39 is 11.6 Å². The minimum Gasteiger partial charge on any atom is -0.378 e. The lowest BCUT2D eigenvalue weighted by Gasteiger charge is -2.22. The molecule has 4 heteroatoms. The number of ether oxygens (including phenoxy) is 1. The molecule has 0 heterocycles. The lowest BCUT2D eigenvalue weighted by molar-refractivity contribution is 0.0271. The molecule has 0 bridgehead atoms. The van der Waals surface area contributed by atoms with Gasteiger partial charge >= 0.3 is 0 Å². The summed E-state index contributed by atoms with van der Waals surface area (Å²) in [5.74, 6) is -1.54. The second-order valence-electron chi connectivity index (χ2n) is 5.80. The fourth-order valence-electron chi connectivity index (χ4n) is 2.84. The average molecular weight is 297 g/mol. The van der Waals surface area contributed by atoms with E-state index in [1.807, 2.05) is 6.92 Å². The van der Waals surface area contributed by atoms with Crippen LogP contribution in [0.3, 0.4) is 0 Å². The standard InChI is InChI=1S/C17H25F2NO/c1-13(15-9-5-10-16(18)17(15)19)20-11-6-12-21-14-7-3-2-4-8-14/h5,9-10,13-14,20H,2-4,6-8,11-12H2,1H3. The Morgan fingerprint density at radius 2 is 2.00 bits per heavy atom. The van der Waals surface area contributed by atoms with Crippen LogP contribution in [0.25, 0.3) is 0 Å². The Morgan fingerprint density at radius 3 is 2.76 bits per heavy atom. The Bertz CT molecular complexity index is 433. The molecule has 0 aliphatic heterocycles. The van der Waals surface area contributed by atoms with Crippen molar-refractivity contribution in [2.75, 3.05) is 13.2 Å². The minimum atomic E-state index is -0.790. The SMILES string of the molecule is CC(NCCCOC1CCCCC1)c1cccc(F)c1F. The summed E-state index contributed by atoms with van der Waals surface area (Å²) in [6, 6.07) is 4.10. The van der Waals surface area contributed by atoms with Crippen LogP contribution in [-0.2, 0) is 4.74 Å². The number of hydrogen-bond donors (Lipinski definition) is 1. The van der Waals surface area contributed by atoms with Crippen LogP contribution in [0.2, 0.25) is 0 Å². The minimum absolute atomic E-state index is 0.199.